The first-order valence-corrected chi connectivity index (χ1v) is 34.0. The fraction of sp³-hybridized carbons (Fsp3) is 0.533. The van der Waals surface area contributed by atoms with Crippen molar-refractivity contribution in [2.45, 2.75) is 210 Å². The Hall–Kier alpha value is -2.33. The Kier molecular flexibility index (Phi) is 24.5. The Morgan fingerprint density at radius 1 is 0.333 bits per heavy atom. The molecule has 0 radical (unpaired) electrons. The Bertz CT molecular complexity index is 2270. The van der Waals surface area contributed by atoms with Crippen LogP contribution in [0.1, 0.15) is 190 Å². The third-order valence-corrected chi connectivity index (χ3v) is 25.4. The summed E-state index contributed by atoms with van der Waals surface area (Å²) in [7, 11) is -2.07. The smallest absolute Gasteiger partial charge is 0.107 e. The van der Waals surface area contributed by atoms with Crippen molar-refractivity contribution in [1.29, 1.82) is 0 Å². The lowest BCUT2D eigenvalue weighted by Crippen LogP contribution is -2.37. The van der Waals surface area contributed by atoms with Crippen LogP contribution in [0.4, 0.5) is 0 Å². The van der Waals surface area contributed by atoms with E-state index >= 15 is 0 Å². The minimum Gasteiger partial charge on any atom is -0.141 e. The lowest BCUT2D eigenvalue weighted by Gasteiger charge is -2.13. The van der Waals surface area contributed by atoms with E-state index in [1.165, 1.54) is 192 Å². The molecule has 0 nitrogen and oxygen atoms in total. The highest BCUT2D eigenvalue weighted by Gasteiger charge is 2.34. The second-order valence-electron chi connectivity index (χ2n) is 19.4. The maximum atomic E-state index is 2.56. The van der Waals surface area contributed by atoms with Gasteiger partial charge >= 0.3 is 0 Å². The number of hydrogen-bond acceptors (Lipinski definition) is 4. The second kappa shape index (κ2) is 29.6. The molecule has 0 aliphatic carbocycles. The molecular formula is C60H88S4Si2. The van der Waals surface area contributed by atoms with Crippen LogP contribution in [-0.2, 0) is 0 Å². The largest absolute Gasteiger partial charge is 0.141 e. The first-order chi connectivity index (χ1) is 32.2. The molecule has 6 aromatic rings. The van der Waals surface area contributed by atoms with Gasteiger partial charge in [0.1, 0.15) is 17.6 Å². The van der Waals surface area contributed by atoms with Crippen molar-refractivity contribution in [3.63, 3.8) is 0 Å². The molecule has 0 saturated heterocycles. The number of thiophene rings is 4. The highest BCUT2D eigenvalue weighted by Crippen LogP contribution is 2.42. The maximum absolute atomic E-state index is 2.56. The van der Waals surface area contributed by atoms with Crippen LogP contribution in [0.25, 0.3) is 41.1 Å². The average molecular weight is 994 g/mol. The number of benzene rings is 2. The summed E-state index contributed by atoms with van der Waals surface area (Å²) in [6, 6.07) is 31.5. The molecule has 2 atom stereocenters. The van der Waals surface area contributed by atoms with Gasteiger partial charge in [0.25, 0.3) is 0 Å². The van der Waals surface area contributed by atoms with Crippen molar-refractivity contribution in [2.24, 2.45) is 0 Å². The lowest BCUT2D eigenvalue weighted by atomic mass is 10.0. The number of rotatable bonds is 22. The fourth-order valence-corrected chi connectivity index (χ4v) is 22.6. The number of unbranched alkanes of at least 4 members (excludes halogenated alkanes) is 16. The van der Waals surface area contributed by atoms with Crippen molar-refractivity contribution >= 4 is 83.7 Å². The molecule has 2 aliphatic heterocycles. The maximum Gasteiger partial charge on any atom is 0.107 e. The van der Waals surface area contributed by atoms with Crippen LogP contribution in [0.5, 0.6) is 0 Å². The third kappa shape index (κ3) is 15.9. The van der Waals surface area contributed by atoms with Crippen LogP contribution in [0.15, 0.2) is 72.8 Å². The predicted octanol–water partition coefficient (Wildman–Crippen LogP) is 18.7. The van der Waals surface area contributed by atoms with E-state index in [4.69, 9.17) is 0 Å². The van der Waals surface area contributed by atoms with E-state index in [0.717, 1.165) is 0 Å². The molecule has 8 rings (SSSR count). The van der Waals surface area contributed by atoms with Crippen molar-refractivity contribution < 1.29 is 0 Å². The van der Waals surface area contributed by atoms with Gasteiger partial charge in [-0.05, 0) is 102 Å². The molecule has 0 bridgehead atoms. The van der Waals surface area contributed by atoms with Gasteiger partial charge in [0.2, 0.25) is 0 Å². The summed E-state index contributed by atoms with van der Waals surface area (Å²) in [5, 5.41) is 6.89. The lowest BCUT2D eigenvalue weighted by molar-refractivity contribution is 0.624. The Morgan fingerprint density at radius 3 is 1.32 bits per heavy atom. The summed E-state index contributed by atoms with van der Waals surface area (Å²) in [5.74, 6) is 0. The van der Waals surface area contributed by atoms with E-state index in [2.05, 4.69) is 142 Å². The molecule has 0 fully saturated rings. The zero-order valence-corrected chi connectivity index (χ0v) is 48.8. The van der Waals surface area contributed by atoms with Gasteiger partial charge in [-0.3, -0.25) is 0 Å². The molecule has 2 aliphatic rings. The molecule has 4 aromatic heterocycles. The highest BCUT2D eigenvalue weighted by molar-refractivity contribution is 7.30. The molecule has 0 saturated carbocycles. The van der Waals surface area contributed by atoms with Gasteiger partial charge in [-0.1, -0.05) is 224 Å². The molecular weight excluding hydrogens is 905 g/mol. The van der Waals surface area contributed by atoms with Crippen molar-refractivity contribution in [2.75, 3.05) is 0 Å². The predicted molar refractivity (Wildman–Crippen MR) is 314 cm³/mol. The molecule has 0 N–H and O–H groups in total. The zero-order chi connectivity index (χ0) is 47.3. The van der Waals surface area contributed by atoms with Gasteiger partial charge < -0.3 is 0 Å². The molecule has 6 heteroatoms. The van der Waals surface area contributed by atoms with Crippen molar-refractivity contribution in [3.8, 4) is 41.1 Å². The Morgan fingerprint density at radius 2 is 0.773 bits per heavy atom. The zero-order valence-electron chi connectivity index (χ0n) is 43.3. The van der Waals surface area contributed by atoms with Gasteiger partial charge in [-0.25, -0.2) is 0 Å². The van der Waals surface area contributed by atoms with E-state index in [1.807, 2.05) is 45.3 Å². The van der Waals surface area contributed by atoms with Gasteiger partial charge in [-0.15, -0.1) is 45.3 Å². The summed E-state index contributed by atoms with van der Waals surface area (Å²) < 4.78 is 0. The Balaban J connectivity index is 0.000000194. The van der Waals surface area contributed by atoms with E-state index in [1.54, 1.807) is 30.5 Å². The van der Waals surface area contributed by atoms with Gasteiger partial charge in [0.15, 0.2) is 0 Å². The summed E-state index contributed by atoms with van der Waals surface area (Å²) in [4.78, 5) is 11.9. The number of hydrogen-bond donors (Lipinski definition) is 0. The number of aryl methyl sites for hydroxylation is 4. The van der Waals surface area contributed by atoms with E-state index < -0.39 is 17.6 Å². The first kappa shape index (κ1) is 54.6. The van der Waals surface area contributed by atoms with Gasteiger partial charge in [0, 0.05) is 39.0 Å². The number of fused-ring (bicyclic) bond motifs is 6. The Labute approximate surface area is 424 Å². The quantitative estimate of drug-likeness (QED) is 0.0470. The SMILES string of the molecule is CCCCCC.CCCCCCCC.CCCCCCCC[SiH]1c2cc(C)ccc2-c2ccc(-c3ccc(C)s3)cc21.CCCCCC[SiH]1c2cc(C)sc2-c2sc(-c3ccc(C)s3)cc21. The molecule has 66 heavy (non-hydrogen) atoms. The first-order valence-electron chi connectivity index (χ1n) is 26.8. The second-order valence-corrected chi connectivity index (χ2v) is 30.1. The monoisotopic (exact) mass is 993 g/mol. The van der Waals surface area contributed by atoms with Crippen LogP contribution in [0.3, 0.4) is 0 Å². The topological polar surface area (TPSA) is 0 Å². The normalized spacial score (nSPS) is 14.0. The summed E-state index contributed by atoms with van der Waals surface area (Å²) in [6.45, 7) is 22.5. The average Bonchev–Trinajstić information content (AvgIpc) is 4.19. The molecule has 360 valence electrons. The minimum atomic E-state index is -1.10. The van der Waals surface area contributed by atoms with Crippen LogP contribution in [0.2, 0.25) is 12.1 Å². The van der Waals surface area contributed by atoms with Crippen LogP contribution in [0, 0.1) is 27.7 Å². The molecule has 2 aromatic carbocycles. The van der Waals surface area contributed by atoms with E-state index in [9.17, 15) is 0 Å². The summed E-state index contributed by atoms with van der Waals surface area (Å²) in [6.07, 6.45) is 28.0. The minimum absolute atomic E-state index is 0.969. The summed E-state index contributed by atoms with van der Waals surface area (Å²) >= 11 is 7.93. The molecule has 2 unspecified atom stereocenters. The van der Waals surface area contributed by atoms with Crippen LogP contribution in [-0.4, -0.2) is 17.6 Å². The third-order valence-electron chi connectivity index (χ3n) is 13.5. The van der Waals surface area contributed by atoms with Crippen molar-refractivity contribution in [3.05, 3.63) is 93.0 Å². The standard InChI is InChI=1S/C26H32SSi.C20H24S3Si.C8H18.C6H14/c1-4-5-6-7-8-9-16-28-25-17-19(2)10-13-22(25)23-14-12-21(18-26(23)28)24-15-11-20(3)27-24;1-4-5-6-7-10-24-17-11-14(3)22-19(17)20-18(24)12-16(23-20)15-9-8-13(2)21-15;1-3-5-7-8-6-4-2;1-3-5-6-4-2/h10-15,17-18,28H,4-9,16H2,1-3H3;8-9,11-12,24H,4-7,10H2,1-3H3;3-8H2,1-2H3;3-6H2,1-2H3. The van der Waals surface area contributed by atoms with Gasteiger partial charge in [0.05, 0.1) is 0 Å². The highest BCUT2D eigenvalue weighted by atomic mass is 32.1. The van der Waals surface area contributed by atoms with Crippen LogP contribution < -0.4 is 20.7 Å². The van der Waals surface area contributed by atoms with Crippen molar-refractivity contribution in [1.82, 2.24) is 0 Å². The summed E-state index contributed by atoms with van der Waals surface area (Å²) in [5.41, 5.74) is 5.88. The molecule has 6 heterocycles. The molecule has 0 amide bonds. The van der Waals surface area contributed by atoms with Gasteiger partial charge in [-0.2, -0.15) is 0 Å². The van der Waals surface area contributed by atoms with Crippen LogP contribution >= 0.6 is 45.3 Å². The van der Waals surface area contributed by atoms with E-state index in [0.29, 0.717) is 0 Å². The fourth-order valence-electron chi connectivity index (χ4n) is 9.77. The van der Waals surface area contributed by atoms with E-state index in [-0.39, 0.29) is 0 Å². The molecule has 0 spiro atoms.